The van der Waals surface area contributed by atoms with E-state index in [0.29, 0.717) is 17.1 Å². The molecule has 0 spiro atoms. The first-order valence-electron chi connectivity index (χ1n) is 6.97. The van der Waals surface area contributed by atoms with Gasteiger partial charge in [0.15, 0.2) is 9.84 Å². The molecule has 1 fully saturated rings. The van der Waals surface area contributed by atoms with Gasteiger partial charge in [-0.3, -0.25) is 14.5 Å². The maximum atomic E-state index is 12.3. The lowest BCUT2D eigenvalue weighted by molar-refractivity contribution is -0.150. The third kappa shape index (κ3) is 4.10. The number of carbonyl (C=O) groups is 3. The van der Waals surface area contributed by atoms with E-state index in [1.54, 1.807) is 0 Å². The molecule has 2 aliphatic heterocycles. The Hall–Kier alpha value is -1.71. The van der Waals surface area contributed by atoms with Crippen LogP contribution in [0.2, 0.25) is 0 Å². The van der Waals surface area contributed by atoms with Crippen molar-refractivity contribution >= 4 is 51.1 Å². The van der Waals surface area contributed by atoms with Gasteiger partial charge in [0, 0.05) is 11.5 Å². The van der Waals surface area contributed by atoms with Crippen molar-refractivity contribution in [2.75, 3.05) is 29.3 Å². The van der Waals surface area contributed by atoms with Crippen LogP contribution in [0.3, 0.4) is 0 Å². The number of hydrogen-bond donors (Lipinski definition) is 2. The molecule has 2 aliphatic rings. The Morgan fingerprint density at radius 1 is 1.52 bits per heavy atom. The lowest BCUT2D eigenvalue weighted by Crippen LogP contribution is -2.71. The first kappa shape index (κ1) is 19.6. The van der Waals surface area contributed by atoms with Crippen LogP contribution in [0.5, 0.6) is 0 Å². The fourth-order valence-electron chi connectivity index (χ4n) is 2.53. The second-order valence-electron chi connectivity index (χ2n) is 5.34. The summed E-state index contributed by atoms with van der Waals surface area (Å²) >= 11 is 2.76. The third-order valence-corrected chi connectivity index (χ3v) is 6.77. The van der Waals surface area contributed by atoms with E-state index in [0.717, 1.165) is 4.90 Å². The maximum Gasteiger partial charge on any atom is 0.352 e. The van der Waals surface area contributed by atoms with Crippen molar-refractivity contribution in [3.05, 3.63) is 11.3 Å². The highest BCUT2D eigenvalue weighted by Crippen LogP contribution is 2.40. The molecule has 0 aromatic rings. The Morgan fingerprint density at radius 2 is 2.20 bits per heavy atom. The van der Waals surface area contributed by atoms with Gasteiger partial charge in [0.05, 0.1) is 6.07 Å². The number of carboxylic acids is 1. The Labute approximate surface area is 152 Å². The summed E-state index contributed by atoms with van der Waals surface area (Å²) in [5, 5.41) is 19.5. The van der Waals surface area contributed by atoms with Crippen LogP contribution < -0.4 is 5.32 Å². The minimum atomic E-state index is -3.86. The summed E-state index contributed by atoms with van der Waals surface area (Å²) in [5.74, 6) is -3.45. The van der Waals surface area contributed by atoms with Gasteiger partial charge in [-0.2, -0.15) is 17.0 Å². The van der Waals surface area contributed by atoms with Gasteiger partial charge in [-0.1, -0.05) is 0 Å². The molecule has 9 nitrogen and oxygen atoms in total. The molecule has 25 heavy (non-hydrogen) atoms. The molecule has 0 saturated carbocycles. The summed E-state index contributed by atoms with van der Waals surface area (Å²) in [6, 6.07) is 0.491. The minimum Gasteiger partial charge on any atom is -0.477 e. The van der Waals surface area contributed by atoms with E-state index in [4.69, 9.17) is 5.26 Å². The highest BCUT2D eigenvalue weighted by Gasteiger charge is 2.54. The molecule has 2 N–H and O–H groups in total. The molecule has 0 aromatic carbocycles. The Kier molecular flexibility index (Phi) is 6.02. The standard InChI is InChI=1S/C13H15N3O6S3/c1-23-4-7-5-24-12-9(11(18)16(12)10(7)13(19)20)15-8(17)6-25(21,22)3-2-14/h9,12H,3-6H2,1H3,(H,15,17)(H,19,20)/t9?,12-/m1/s1. The molecule has 12 heteroatoms. The molecule has 0 bridgehead atoms. The molecular formula is C13H15N3O6S3. The van der Waals surface area contributed by atoms with Crippen molar-refractivity contribution in [3.8, 4) is 6.07 Å². The topological polar surface area (TPSA) is 145 Å². The second kappa shape index (κ2) is 7.67. The van der Waals surface area contributed by atoms with Crippen LogP contribution in [0.4, 0.5) is 0 Å². The van der Waals surface area contributed by atoms with Gasteiger partial charge in [-0.15, -0.1) is 11.8 Å². The van der Waals surface area contributed by atoms with E-state index < -0.39 is 50.5 Å². The van der Waals surface area contributed by atoms with Gasteiger partial charge in [0.25, 0.3) is 5.91 Å². The zero-order valence-electron chi connectivity index (χ0n) is 13.1. The zero-order valence-corrected chi connectivity index (χ0v) is 15.5. The molecule has 136 valence electrons. The van der Waals surface area contributed by atoms with E-state index in [1.807, 2.05) is 6.26 Å². The molecule has 2 heterocycles. The summed E-state index contributed by atoms with van der Waals surface area (Å²) < 4.78 is 23.0. The van der Waals surface area contributed by atoms with Crippen molar-refractivity contribution in [2.24, 2.45) is 0 Å². The fraction of sp³-hybridized carbons (Fsp3) is 0.538. The minimum absolute atomic E-state index is 0.0642. The summed E-state index contributed by atoms with van der Waals surface area (Å²) in [4.78, 5) is 36.7. The van der Waals surface area contributed by atoms with Crippen molar-refractivity contribution in [3.63, 3.8) is 0 Å². The summed E-state index contributed by atoms with van der Waals surface area (Å²) in [6.45, 7) is 0. The lowest BCUT2D eigenvalue weighted by Gasteiger charge is -2.49. The van der Waals surface area contributed by atoms with Crippen molar-refractivity contribution in [2.45, 2.75) is 11.4 Å². The molecular weight excluding hydrogens is 390 g/mol. The highest BCUT2D eigenvalue weighted by molar-refractivity contribution is 8.00. The molecule has 1 unspecified atom stereocenters. The summed E-state index contributed by atoms with van der Waals surface area (Å²) in [5.41, 5.74) is 0.571. The van der Waals surface area contributed by atoms with Crippen molar-refractivity contribution in [1.29, 1.82) is 5.26 Å². The summed E-state index contributed by atoms with van der Waals surface area (Å²) in [7, 11) is -3.86. The van der Waals surface area contributed by atoms with Gasteiger partial charge in [0.1, 0.15) is 28.6 Å². The fourth-order valence-corrected chi connectivity index (χ4v) is 5.38. The molecule has 2 rings (SSSR count). The number of β-lactam (4-membered cyclic amide) rings is 1. The second-order valence-corrected chi connectivity index (χ2v) is 9.37. The van der Waals surface area contributed by atoms with E-state index in [9.17, 15) is 27.9 Å². The van der Waals surface area contributed by atoms with Crippen LogP contribution in [0.1, 0.15) is 0 Å². The van der Waals surface area contributed by atoms with Crippen molar-refractivity contribution in [1.82, 2.24) is 10.2 Å². The van der Waals surface area contributed by atoms with E-state index in [2.05, 4.69) is 5.32 Å². The number of rotatable bonds is 7. The number of nitrogens with zero attached hydrogens (tertiary/aromatic N) is 2. The first-order valence-corrected chi connectivity index (χ1v) is 11.2. The van der Waals surface area contributed by atoms with Crippen LogP contribution in [0.15, 0.2) is 11.3 Å². The number of carboxylic acid groups (broad SMARTS) is 1. The highest BCUT2D eigenvalue weighted by atomic mass is 32.2. The third-order valence-electron chi connectivity index (χ3n) is 3.52. The number of sulfone groups is 1. The normalized spacial score (nSPS) is 22.7. The predicted molar refractivity (Wildman–Crippen MR) is 92.3 cm³/mol. The van der Waals surface area contributed by atoms with Gasteiger partial charge < -0.3 is 10.4 Å². The quantitative estimate of drug-likeness (QED) is 0.511. The largest absolute Gasteiger partial charge is 0.477 e. The average Bonchev–Trinajstić information content (AvgIpc) is 2.51. The number of nitrogens with one attached hydrogen (secondary N) is 1. The summed E-state index contributed by atoms with van der Waals surface area (Å²) in [6.07, 6.45) is 1.83. The van der Waals surface area contributed by atoms with Gasteiger partial charge in [0.2, 0.25) is 5.91 Å². The molecule has 0 radical (unpaired) electrons. The van der Waals surface area contributed by atoms with E-state index in [1.165, 1.54) is 29.6 Å². The predicted octanol–water partition coefficient (Wildman–Crippen LogP) is -0.974. The van der Waals surface area contributed by atoms with Crippen LogP contribution in [-0.4, -0.2) is 76.9 Å². The molecule has 2 amide bonds. The first-order chi connectivity index (χ1) is 11.7. The Bertz CT molecular complexity index is 785. The number of nitriles is 1. The molecule has 0 aromatic heterocycles. The van der Waals surface area contributed by atoms with Gasteiger partial charge >= 0.3 is 5.97 Å². The number of amides is 2. The smallest absolute Gasteiger partial charge is 0.352 e. The number of fused-ring (bicyclic) bond motifs is 1. The SMILES string of the molecule is CSCC1=C(C(=O)O)N2C(=O)C(NC(=O)CS(=O)(=O)CC#N)[C@H]2SC1. The van der Waals surface area contributed by atoms with E-state index in [-0.39, 0.29) is 5.70 Å². The Balaban J connectivity index is 2.10. The van der Waals surface area contributed by atoms with Crippen LogP contribution in [0, 0.1) is 11.3 Å². The van der Waals surface area contributed by atoms with Crippen LogP contribution in [-0.2, 0) is 24.2 Å². The number of carbonyl (C=O) groups excluding carboxylic acids is 2. The lowest BCUT2D eigenvalue weighted by atomic mass is 10.0. The Morgan fingerprint density at radius 3 is 2.76 bits per heavy atom. The molecule has 0 aliphatic carbocycles. The average molecular weight is 405 g/mol. The van der Waals surface area contributed by atoms with E-state index >= 15 is 0 Å². The number of hydrogen-bond acceptors (Lipinski definition) is 8. The molecule has 1 saturated heterocycles. The zero-order chi connectivity index (χ0) is 18.8. The number of aliphatic carboxylic acids is 1. The maximum absolute atomic E-state index is 12.3. The molecule has 2 atom stereocenters. The number of thioether (sulfide) groups is 2. The van der Waals surface area contributed by atoms with Crippen LogP contribution in [0.25, 0.3) is 0 Å². The van der Waals surface area contributed by atoms with Crippen LogP contribution >= 0.6 is 23.5 Å². The van der Waals surface area contributed by atoms with Gasteiger partial charge in [-0.05, 0) is 11.8 Å². The monoisotopic (exact) mass is 405 g/mol. The van der Waals surface area contributed by atoms with Crippen molar-refractivity contribution < 1.29 is 27.9 Å². The van der Waals surface area contributed by atoms with Gasteiger partial charge in [-0.25, -0.2) is 13.2 Å².